The lowest BCUT2D eigenvalue weighted by Crippen LogP contribution is -2.53. The fourth-order valence-electron chi connectivity index (χ4n) is 3.95. The third kappa shape index (κ3) is 4.46. The normalized spacial score (nSPS) is 26.9. The van der Waals surface area contributed by atoms with E-state index in [1.807, 2.05) is 20.8 Å². The number of carbonyl (C=O) groups is 1. The summed E-state index contributed by atoms with van der Waals surface area (Å²) in [5, 5.41) is 2.51. The average Bonchev–Trinajstić information content (AvgIpc) is 2.98. The van der Waals surface area contributed by atoms with Crippen molar-refractivity contribution in [2.75, 3.05) is 26.2 Å². The maximum atomic E-state index is 13.1. The van der Waals surface area contributed by atoms with Gasteiger partial charge < -0.3 is 15.0 Å². The van der Waals surface area contributed by atoms with Gasteiger partial charge in [0.25, 0.3) is 0 Å². The van der Waals surface area contributed by atoms with Crippen molar-refractivity contribution in [3.63, 3.8) is 0 Å². The molecule has 158 valence electrons. The molecule has 4 nitrogen and oxygen atoms in total. The number of halogens is 6. The largest absolute Gasteiger partial charge is 0.404 e. The first-order valence-electron chi connectivity index (χ1n) is 8.97. The van der Waals surface area contributed by atoms with Crippen LogP contribution in [0.15, 0.2) is 0 Å². The topological polar surface area (TPSA) is 41.6 Å². The van der Waals surface area contributed by atoms with Crippen LogP contribution in [0.5, 0.6) is 0 Å². The number of urea groups is 1. The van der Waals surface area contributed by atoms with Gasteiger partial charge in [0.15, 0.2) is 5.41 Å². The molecule has 2 rings (SSSR count). The van der Waals surface area contributed by atoms with Crippen molar-refractivity contribution in [2.45, 2.75) is 58.5 Å². The lowest BCUT2D eigenvalue weighted by Gasteiger charge is -2.40. The number of nitrogens with zero attached hydrogens (tertiary/aromatic N) is 1. The van der Waals surface area contributed by atoms with Gasteiger partial charge in [0.1, 0.15) is 0 Å². The van der Waals surface area contributed by atoms with Crippen LogP contribution in [-0.4, -0.2) is 55.6 Å². The van der Waals surface area contributed by atoms with Crippen LogP contribution in [0.3, 0.4) is 0 Å². The number of amides is 2. The summed E-state index contributed by atoms with van der Waals surface area (Å²) in [5.74, 6) is -0.0414. The SMILES string of the molecule is CC(C)(C)[C@@H]1OCCC[C@@H]1CNC(=O)N1CCC(C(F)(F)F)(C(F)(F)F)C1. The first-order chi connectivity index (χ1) is 12.2. The highest BCUT2D eigenvalue weighted by molar-refractivity contribution is 5.74. The number of alkyl halides is 6. The van der Waals surface area contributed by atoms with Crippen LogP contribution in [0, 0.1) is 16.7 Å². The molecular formula is C17H26F6N2O2. The summed E-state index contributed by atoms with van der Waals surface area (Å²) in [5.41, 5.74) is -4.05. The first kappa shape index (κ1) is 22.1. The first-order valence-corrected chi connectivity index (χ1v) is 8.97. The standard InChI is InChI=1S/C17H26F6N2O2/c1-14(2,3)12-11(5-4-8-27-12)9-24-13(26)25-7-6-15(10-25,16(18,19)20)17(21,22)23/h11-12H,4-10H2,1-3H3,(H,24,26)/t11-,12-/m1/s1. The minimum absolute atomic E-state index is 0.0414. The van der Waals surface area contributed by atoms with E-state index < -0.39 is 43.3 Å². The number of nitrogens with one attached hydrogen (secondary N) is 1. The Balaban J connectivity index is 2.01. The number of likely N-dealkylation sites (tertiary alicyclic amines) is 1. The Morgan fingerprint density at radius 1 is 1.15 bits per heavy atom. The van der Waals surface area contributed by atoms with Crippen LogP contribution < -0.4 is 5.32 Å². The van der Waals surface area contributed by atoms with Gasteiger partial charge in [0, 0.05) is 32.2 Å². The molecule has 0 saturated carbocycles. The molecule has 2 aliphatic rings. The molecule has 0 aromatic carbocycles. The summed E-state index contributed by atoms with van der Waals surface area (Å²) >= 11 is 0. The number of carbonyl (C=O) groups excluding carboxylic acids is 1. The van der Waals surface area contributed by atoms with E-state index in [1.165, 1.54) is 0 Å². The van der Waals surface area contributed by atoms with Crippen LogP contribution in [0.25, 0.3) is 0 Å². The Bertz CT molecular complexity index is 527. The molecule has 2 heterocycles. The molecule has 2 saturated heterocycles. The molecule has 0 bridgehead atoms. The van der Waals surface area contributed by atoms with Crippen LogP contribution in [0.4, 0.5) is 31.1 Å². The van der Waals surface area contributed by atoms with Crippen molar-refractivity contribution in [3.8, 4) is 0 Å². The zero-order valence-electron chi connectivity index (χ0n) is 15.6. The summed E-state index contributed by atoms with van der Waals surface area (Å²) in [6, 6.07) is -0.899. The summed E-state index contributed by atoms with van der Waals surface area (Å²) in [7, 11) is 0. The molecule has 2 fully saturated rings. The van der Waals surface area contributed by atoms with E-state index in [9.17, 15) is 31.1 Å². The fraction of sp³-hybridized carbons (Fsp3) is 0.941. The van der Waals surface area contributed by atoms with Gasteiger partial charge in [-0.25, -0.2) is 4.79 Å². The van der Waals surface area contributed by atoms with E-state index in [0.29, 0.717) is 11.5 Å². The Labute approximate surface area is 154 Å². The van der Waals surface area contributed by atoms with Crippen molar-refractivity contribution in [2.24, 2.45) is 16.7 Å². The maximum absolute atomic E-state index is 13.1. The van der Waals surface area contributed by atoms with Crippen molar-refractivity contribution in [1.82, 2.24) is 10.2 Å². The van der Waals surface area contributed by atoms with Crippen molar-refractivity contribution in [1.29, 1.82) is 0 Å². The third-order valence-electron chi connectivity index (χ3n) is 5.46. The van der Waals surface area contributed by atoms with Gasteiger partial charge in [-0.15, -0.1) is 0 Å². The molecule has 0 aliphatic carbocycles. The van der Waals surface area contributed by atoms with Crippen LogP contribution in [-0.2, 0) is 4.74 Å². The molecule has 2 amide bonds. The smallest absolute Gasteiger partial charge is 0.377 e. The van der Waals surface area contributed by atoms with Gasteiger partial charge in [-0.3, -0.25) is 0 Å². The fourth-order valence-corrected chi connectivity index (χ4v) is 3.95. The minimum atomic E-state index is -5.46. The van der Waals surface area contributed by atoms with Crippen molar-refractivity contribution in [3.05, 3.63) is 0 Å². The Hall–Kier alpha value is -1.19. The molecule has 0 spiro atoms. The summed E-state index contributed by atoms with van der Waals surface area (Å²) < 4.78 is 84.4. The third-order valence-corrected chi connectivity index (χ3v) is 5.46. The van der Waals surface area contributed by atoms with Gasteiger partial charge in [0.05, 0.1) is 6.10 Å². The molecule has 0 aromatic heterocycles. The number of hydrogen-bond acceptors (Lipinski definition) is 2. The van der Waals surface area contributed by atoms with Gasteiger partial charge >= 0.3 is 18.4 Å². The second-order valence-corrected chi connectivity index (χ2v) is 8.49. The number of rotatable bonds is 2. The van der Waals surface area contributed by atoms with Crippen LogP contribution in [0.2, 0.25) is 0 Å². The second-order valence-electron chi connectivity index (χ2n) is 8.49. The average molecular weight is 404 g/mol. The maximum Gasteiger partial charge on any atom is 0.404 e. The highest BCUT2D eigenvalue weighted by atomic mass is 19.4. The van der Waals surface area contributed by atoms with Gasteiger partial charge in [-0.1, -0.05) is 20.8 Å². The van der Waals surface area contributed by atoms with E-state index in [2.05, 4.69) is 5.32 Å². The number of hydrogen-bond donors (Lipinski definition) is 1. The quantitative estimate of drug-likeness (QED) is 0.695. The molecule has 10 heteroatoms. The van der Waals surface area contributed by atoms with E-state index in [-0.39, 0.29) is 24.0 Å². The zero-order valence-corrected chi connectivity index (χ0v) is 15.6. The molecule has 0 unspecified atom stereocenters. The lowest BCUT2D eigenvalue weighted by molar-refractivity contribution is -0.334. The zero-order chi connectivity index (χ0) is 20.7. The van der Waals surface area contributed by atoms with Crippen molar-refractivity contribution >= 4 is 6.03 Å². The molecular weight excluding hydrogens is 378 g/mol. The Morgan fingerprint density at radius 3 is 2.22 bits per heavy atom. The summed E-state index contributed by atoms with van der Waals surface area (Å²) in [4.78, 5) is 12.8. The predicted molar refractivity (Wildman–Crippen MR) is 86.1 cm³/mol. The summed E-state index contributed by atoms with van der Waals surface area (Å²) in [6.45, 7) is 4.71. The molecule has 2 atom stereocenters. The molecule has 2 aliphatic heterocycles. The van der Waals surface area contributed by atoms with E-state index in [1.54, 1.807) is 0 Å². The summed E-state index contributed by atoms with van der Waals surface area (Å²) in [6.07, 6.45) is -10.7. The van der Waals surface area contributed by atoms with Gasteiger partial charge in [-0.2, -0.15) is 26.3 Å². The molecule has 0 radical (unpaired) electrons. The van der Waals surface area contributed by atoms with E-state index in [4.69, 9.17) is 4.74 Å². The van der Waals surface area contributed by atoms with Crippen molar-refractivity contribution < 1.29 is 35.9 Å². The second kappa shape index (κ2) is 7.33. The lowest BCUT2D eigenvalue weighted by atomic mass is 9.78. The van der Waals surface area contributed by atoms with Crippen LogP contribution >= 0.6 is 0 Å². The van der Waals surface area contributed by atoms with Crippen LogP contribution in [0.1, 0.15) is 40.0 Å². The molecule has 0 aromatic rings. The Morgan fingerprint density at radius 2 is 1.74 bits per heavy atom. The number of ether oxygens (including phenoxy) is 1. The molecule has 27 heavy (non-hydrogen) atoms. The molecule has 1 N–H and O–H groups in total. The highest BCUT2D eigenvalue weighted by Crippen LogP contribution is 2.55. The Kier molecular flexibility index (Phi) is 6.00. The monoisotopic (exact) mass is 404 g/mol. The minimum Gasteiger partial charge on any atom is -0.377 e. The van der Waals surface area contributed by atoms with E-state index in [0.717, 1.165) is 12.8 Å². The van der Waals surface area contributed by atoms with Gasteiger partial charge in [-0.05, 0) is 24.7 Å². The predicted octanol–water partition coefficient (Wildman–Crippen LogP) is 4.35. The highest BCUT2D eigenvalue weighted by Gasteiger charge is 2.72. The van der Waals surface area contributed by atoms with E-state index >= 15 is 0 Å². The van der Waals surface area contributed by atoms with Gasteiger partial charge in [0.2, 0.25) is 0 Å².